The average molecular weight is 339 g/mol. The van der Waals surface area contributed by atoms with Crippen molar-refractivity contribution in [2.45, 2.75) is 46.0 Å². The predicted octanol–water partition coefficient (Wildman–Crippen LogP) is 3.57. The molecule has 2 rings (SSSR count). The number of carbonyl (C=O) groups is 1. The van der Waals surface area contributed by atoms with Crippen LogP contribution in [0.4, 0.5) is 0 Å². The van der Waals surface area contributed by atoms with E-state index in [9.17, 15) is 4.79 Å². The van der Waals surface area contributed by atoms with Crippen molar-refractivity contribution in [1.82, 2.24) is 10.6 Å². The molecule has 1 fully saturated rings. The quantitative estimate of drug-likeness (QED) is 0.798. The van der Waals surface area contributed by atoms with Crippen LogP contribution in [-0.2, 0) is 11.2 Å². The summed E-state index contributed by atoms with van der Waals surface area (Å²) in [6, 6.07) is 10.5. The molecule has 0 bridgehead atoms. The van der Waals surface area contributed by atoms with Gasteiger partial charge < -0.3 is 10.6 Å². The molecule has 0 spiro atoms. The van der Waals surface area contributed by atoms with Crippen molar-refractivity contribution in [2.24, 2.45) is 11.3 Å². The van der Waals surface area contributed by atoms with Crippen LogP contribution in [0, 0.1) is 11.3 Å². The number of carbonyl (C=O) groups excluding carboxylic acids is 1. The average Bonchev–Trinajstić information content (AvgIpc) is 2.54. The fourth-order valence-corrected chi connectivity index (χ4v) is 3.07. The first-order valence-electron chi connectivity index (χ1n) is 8.61. The van der Waals surface area contributed by atoms with E-state index in [-0.39, 0.29) is 23.7 Å². The number of amides is 1. The highest BCUT2D eigenvalue weighted by atomic mass is 35.5. The zero-order valence-electron chi connectivity index (χ0n) is 14.4. The van der Waals surface area contributed by atoms with Gasteiger partial charge in [0.05, 0.1) is 0 Å². The highest BCUT2D eigenvalue weighted by Crippen LogP contribution is 2.24. The summed E-state index contributed by atoms with van der Waals surface area (Å²) in [6.07, 6.45) is 5.47. The van der Waals surface area contributed by atoms with Crippen LogP contribution in [0.25, 0.3) is 0 Å². The Hall–Kier alpha value is -1.06. The fraction of sp³-hybridized carbons (Fsp3) is 0.632. The first kappa shape index (κ1) is 20.0. The first-order chi connectivity index (χ1) is 10.6. The van der Waals surface area contributed by atoms with Crippen molar-refractivity contribution in [3.8, 4) is 0 Å². The number of piperidine rings is 1. The lowest BCUT2D eigenvalue weighted by Crippen LogP contribution is -2.42. The highest BCUT2D eigenvalue weighted by molar-refractivity contribution is 5.85. The van der Waals surface area contributed by atoms with Crippen molar-refractivity contribution in [3.05, 3.63) is 35.9 Å². The van der Waals surface area contributed by atoms with E-state index in [4.69, 9.17) is 0 Å². The fourth-order valence-electron chi connectivity index (χ4n) is 3.07. The molecule has 1 unspecified atom stereocenters. The molecule has 0 saturated carbocycles. The van der Waals surface area contributed by atoms with E-state index >= 15 is 0 Å². The Morgan fingerprint density at radius 1 is 1.30 bits per heavy atom. The molecule has 4 heteroatoms. The maximum atomic E-state index is 12.4. The lowest BCUT2D eigenvalue weighted by atomic mass is 9.85. The van der Waals surface area contributed by atoms with E-state index in [2.05, 4.69) is 48.7 Å². The minimum Gasteiger partial charge on any atom is -0.355 e. The van der Waals surface area contributed by atoms with Crippen LogP contribution in [0.15, 0.2) is 30.3 Å². The molecule has 1 heterocycles. The third-order valence-corrected chi connectivity index (χ3v) is 4.67. The lowest BCUT2D eigenvalue weighted by molar-refractivity contribution is -0.129. The third-order valence-electron chi connectivity index (χ3n) is 4.67. The van der Waals surface area contributed by atoms with E-state index in [0.29, 0.717) is 5.92 Å². The largest absolute Gasteiger partial charge is 0.355 e. The predicted molar refractivity (Wildman–Crippen MR) is 99.0 cm³/mol. The van der Waals surface area contributed by atoms with Crippen LogP contribution in [-0.4, -0.2) is 25.5 Å². The van der Waals surface area contributed by atoms with Gasteiger partial charge in [-0.05, 0) is 56.7 Å². The second-order valence-corrected chi connectivity index (χ2v) is 7.15. The normalized spacial score (nSPS) is 18.1. The van der Waals surface area contributed by atoms with Gasteiger partial charge in [-0.2, -0.15) is 0 Å². The van der Waals surface area contributed by atoms with Gasteiger partial charge in [0, 0.05) is 12.0 Å². The molecule has 0 aliphatic carbocycles. The summed E-state index contributed by atoms with van der Waals surface area (Å²) >= 11 is 0. The van der Waals surface area contributed by atoms with Gasteiger partial charge in [-0.25, -0.2) is 0 Å². The van der Waals surface area contributed by atoms with E-state index < -0.39 is 0 Å². The summed E-state index contributed by atoms with van der Waals surface area (Å²) < 4.78 is 0. The zero-order chi connectivity index (χ0) is 15.8. The molecule has 1 amide bonds. The standard InChI is InChI=1S/C19H30N2O.ClH/c1-19(2,12-6-10-16-8-4-3-5-9-16)18(22)21-15-17-11-7-13-20-14-17;/h3-5,8-9,17,20H,6-7,10-15H2,1-2H3,(H,21,22);1H. The molecule has 1 aliphatic rings. The van der Waals surface area contributed by atoms with Gasteiger partial charge in [-0.3, -0.25) is 4.79 Å². The molecule has 1 aromatic rings. The number of halogens is 1. The Morgan fingerprint density at radius 2 is 2.04 bits per heavy atom. The molecule has 23 heavy (non-hydrogen) atoms. The van der Waals surface area contributed by atoms with Gasteiger partial charge >= 0.3 is 0 Å². The summed E-state index contributed by atoms with van der Waals surface area (Å²) in [5.41, 5.74) is 1.07. The van der Waals surface area contributed by atoms with Gasteiger partial charge in [0.25, 0.3) is 0 Å². The molecule has 3 nitrogen and oxygen atoms in total. The maximum absolute atomic E-state index is 12.4. The minimum absolute atomic E-state index is 0. The van der Waals surface area contributed by atoms with Crippen LogP contribution >= 0.6 is 12.4 Å². The van der Waals surface area contributed by atoms with Gasteiger partial charge in [0.15, 0.2) is 0 Å². The summed E-state index contributed by atoms with van der Waals surface area (Å²) in [7, 11) is 0. The number of hydrogen-bond donors (Lipinski definition) is 2. The van der Waals surface area contributed by atoms with Crippen LogP contribution in [0.1, 0.15) is 45.1 Å². The maximum Gasteiger partial charge on any atom is 0.225 e. The molecule has 1 aromatic carbocycles. The van der Waals surface area contributed by atoms with E-state index in [1.165, 1.54) is 18.4 Å². The number of nitrogens with one attached hydrogen (secondary N) is 2. The number of aryl methyl sites for hydroxylation is 1. The Bertz CT molecular complexity index is 456. The summed E-state index contributed by atoms with van der Waals surface area (Å²) in [6.45, 7) is 7.09. The topological polar surface area (TPSA) is 41.1 Å². The molecular formula is C19H31ClN2O. The highest BCUT2D eigenvalue weighted by Gasteiger charge is 2.27. The van der Waals surface area contributed by atoms with Crippen molar-refractivity contribution < 1.29 is 4.79 Å². The number of rotatable bonds is 7. The van der Waals surface area contributed by atoms with Gasteiger partial charge in [0.2, 0.25) is 5.91 Å². The zero-order valence-corrected chi connectivity index (χ0v) is 15.3. The Labute approximate surface area is 147 Å². The molecule has 2 N–H and O–H groups in total. The van der Waals surface area contributed by atoms with Crippen molar-refractivity contribution in [1.29, 1.82) is 0 Å². The summed E-state index contributed by atoms with van der Waals surface area (Å²) in [5, 5.41) is 6.56. The Kier molecular flexibility index (Phi) is 8.64. The SMILES string of the molecule is CC(C)(CCCc1ccccc1)C(=O)NCC1CCCNC1.Cl. The smallest absolute Gasteiger partial charge is 0.225 e. The summed E-state index contributed by atoms with van der Waals surface area (Å²) in [4.78, 5) is 12.4. The molecule has 130 valence electrons. The van der Waals surface area contributed by atoms with Crippen LogP contribution in [0.5, 0.6) is 0 Å². The van der Waals surface area contributed by atoms with E-state index in [1.807, 2.05) is 6.07 Å². The Morgan fingerprint density at radius 3 is 2.70 bits per heavy atom. The second kappa shape index (κ2) is 9.94. The molecule has 0 aromatic heterocycles. The van der Waals surface area contributed by atoms with Crippen molar-refractivity contribution >= 4 is 18.3 Å². The van der Waals surface area contributed by atoms with Crippen molar-refractivity contribution in [2.75, 3.05) is 19.6 Å². The molecule has 1 atom stereocenters. The number of hydrogen-bond acceptors (Lipinski definition) is 2. The van der Waals surface area contributed by atoms with Crippen LogP contribution < -0.4 is 10.6 Å². The minimum atomic E-state index is -0.281. The van der Waals surface area contributed by atoms with E-state index in [0.717, 1.165) is 38.9 Å². The first-order valence-corrected chi connectivity index (χ1v) is 8.61. The third kappa shape index (κ3) is 6.92. The van der Waals surface area contributed by atoms with Gasteiger partial charge in [-0.1, -0.05) is 44.2 Å². The van der Waals surface area contributed by atoms with E-state index in [1.54, 1.807) is 0 Å². The second-order valence-electron chi connectivity index (χ2n) is 7.15. The van der Waals surface area contributed by atoms with Crippen LogP contribution in [0.3, 0.4) is 0 Å². The molecule has 1 saturated heterocycles. The lowest BCUT2D eigenvalue weighted by Gasteiger charge is -2.27. The number of benzene rings is 1. The molecule has 1 aliphatic heterocycles. The monoisotopic (exact) mass is 338 g/mol. The molecular weight excluding hydrogens is 308 g/mol. The van der Waals surface area contributed by atoms with Crippen molar-refractivity contribution in [3.63, 3.8) is 0 Å². The van der Waals surface area contributed by atoms with Crippen LogP contribution in [0.2, 0.25) is 0 Å². The Balaban J connectivity index is 0.00000264. The summed E-state index contributed by atoms with van der Waals surface area (Å²) in [5.74, 6) is 0.795. The molecule has 0 radical (unpaired) electrons. The van der Waals surface area contributed by atoms with Gasteiger partial charge in [-0.15, -0.1) is 12.4 Å². The van der Waals surface area contributed by atoms with Gasteiger partial charge in [0.1, 0.15) is 0 Å².